The lowest BCUT2D eigenvalue weighted by atomic mass is 9.81. The van der Waals surface area contributed by atoms with E-state index < -0.39 is 7.92 Å². The first kappa shape index (κ1) is 18.2. The van der Waals surface area contributed by atoms with Gasteiger partial charge in [0.25, 0.3) is 0 Å². The molecule has 1 atom stereocenters. The third kappa shape index (κ3) is 3.27. The van der Waals surface area contributed by atoms with Crippen LogP contribution in [0, 0.1) is 0 Å². The molecule has 0 radical (unpaired) electrons. The summed E-state index contributed by atoms with van der Waals surface area (Å²) in [6, 6.07) is 32.8. The first-order chi connectivity index (χ1) is 13.4. The summed E-state index contributed by atoms with van der Waals surface area (Å²) in [5.41, 5.74) is 4.04. The minimum Gasteiger partial charge on any atom is -0.392 e. The monoisotopic (exact) mass is 372 g/mol. The number of hydrogen-bond donors (Lipinski definition) is 1. The molecule has 0 bridgehead atoms. The van der Waals surface area contributed by atoms with Crippen molar-refractivity contribution in [3.63, 3.8) is 0 Å². The van der Waals surface area contributed by atoms with E-state index in [1.165, 1.54) is 34.6 Å². The number of rotatable bonds is 4. The summed E-state index contributed by atoms with van der Waals surface area (Å²) < 4.78 is 0. The van der Waals surface area contributed by atoms with E-state index >= 15 is 0 Å². The maximum Gasteiger partial charge on any atom is 0.0651 e. The predicted octanol–water partition coefficient (Wildman–Crippen LogP) is 5.45. The molecule has 1 aliphatic rings. The van der Waals surface area contributed by atoms with E-state index in [0.29, 0.717) is 0 Å². The van der Waals surface area contributed by atoms with Gasteiger partial charge < -0.3 is 5.11 Å². The number of hydrogen-bond acceptors (Lipinski definition) is 1. The van der Waals surface area contributed by atoms with Crippen molar-refractivity contribution in [2.75, 3.05) is 12.8 Å². The Morgan fingerprint density at radius 1 is 0.778 bits per heavy atom. The minimum atomic E-state index is -0.497. The molecule has 3 aromatic rings. The van der Waals surface area contributed by atoms with Crippen molar-refractivity contribution in [2.45, 2.75) is 18.0 Å². The highest BCUT2D eigenvalue weighted by Crippen LogP contribution is 2.66. The molecule has 1 heterocycles. The molecule has 1 nitrogen and oxygen atoms in total. The Morgan fingerprint density at radius 2 is 1.30 bits per heavy atom. The van der Waals surface area contributed by atoms with E-state index in [4.69, 9.17) is 0 Å². The number of allylic oxidation sites excluding steroid dienone is 1. The zero-order chi connectivity index (χ0) is 18.5. The van der Waals surface area contributed by atoms with Crippen molar-refractivity contribution in [1.82, 2.24) is 0 Å². The molecule has 0 aromatic heterocycles. The molecule has 2 heteroatoms. The molecular formula is C25H25OP. The Morgan fingerprint density at radius 3 is 1.81 bits per heavy atom. The van der Waals surface area contributed by atoms with E-state index in [-0.39, 0.29) is 11.8 Å². The van der Waals surface area contributed by atoms with Crippen molar-refractivity contribution in [3.8, 4) is 0 Å². The lowest BCUT2D eigenvalue weighted by Gasteiger charge is -2.48. The Kier molecular flexibility index (Phi) is 5.53. The predicted molar refractivity (Wildman–Crippen MR) is 116 cm³/mol. The molecule has 4 rings (SSSR count). The fourth-order valence-electron chi connectivity index (χ4n) is 4.45. The van der Waals surface area contributed by atoms with Gasteiger partial charge in [-0.3, -0.25) is 0 Å². The second kappa shape index (κ2) is 8.21. The highest BCUT2D eigenvalue weighted by Gasteiger charge is 2.47. The van der Waals surface area contributed by atoms with Crippen molar-refractivity contribution in [2.24, 2.45) is 0 Å². The lowest BCUT2D eigenvalue weighted by molar-refractivity contribution is 0.340. The highest BCUT2D eigenvalue weighted by atomic mass is 31.1. The molecule has 1 aliphatic heterocycles. The maximum absolute atomic E-state index is 9.83. The van der Waals surface area contributed by atoms with Crippen LogP contribution in [0.25, 0.3) is 0 Å². The van der Waals surface area contributed by atoms with Gasteiger partial charge in [-0.1, -0.05) is 111 Å². The van der Waals surface area contributed by atoms with Crippen LogP contribution in [-0.2, 0) is 5.16 Å². The van der Waals surface area contributed by atoms with Crippen LogP contribution in [0.15, 0.2) is 103 Å². The van der Waals surface area contributed by atoms with Gasteiger partial charge in [0.15, 0.2) is 0 Å². The first-order valence-corrected chi connectivity index (χ1v) is 11.1. The summed E-state index contributed by atoms with van der Waals surface area (Å²) in [4.78, 5) is 0. The number of aliphatic hydroxyl groups excluding tert-OH is 1. The summed E-state index contributed by atoms with van der Waals surface area (Å²) in [5, 5.41) is 11.1. The number of aliphatic hydroxyl groups is 1. The summed E-state index contributed by atoms with van der Waals surface area (Å²) in [6.45, 7) is 0.0920. The van der Waals surface area contributed by atoms with E-state index in [1.54, 1.807) is 0 Å². The fourth-order valence-corrected chi connectivity index (χ4v) is 7.91. The summed E-state index contributed by atoms with van der Waals surface area (Å²) in [7, 11) is -0.497. The molecule has 0 spiro atoms. The van der Waals surface area contributed by atoms with Gasteiger partial charge in [-0.05, 0) is 35.4 Å². The van der Waals surface area contributed by atoms with Gasteiger partial charge in [-0.15, -0.1) is 0 Å². The first-order valence-electron chi connectivity index (χ1n) is 9.61. The van der Waals surface area contributed by atoms with Crippen molar-refractivity contribution < 1.29 is 5.11 Å². The average Bonchev–Trinajstić information content (AvgIpc) is 2.76. The summed E-state index contributed by atoms with van der Waals surface area (Å²) >= 11 is 0. The van der Waals surface area contributed by atoms with E-state index in [9.17, 15) is 5.11 Å². The third-order valence-corrected chi connectivity index (χ3v) is 8.78. The molecule has 0 aliphatic carbocycles. The molecular weight excluding hydrogens is 347 g/mol. The van der Waals surface area contributed by atoms with E-state index in [0.717, 1.165) is 6.42 Å². The molecule has 27 heavy (non-hydrogen) atoms. The normalized spacial score (nSPS) is 20.5. The zero-order valence-electron chi connectivity index (χ0n) is 15.5. The molecule has 1 N–H and O–H groups in total. The van der Waals surface area contributed by atoms with Crippen molar-refractivity contribution in [3.05, 3.63) is 114 Å². The van der Waals surface area contributed by atoms with Gasteiger partial charge in [-0.25, -0.2) is 0 Å². The third-order valence-electron chi connectivity index (χ3n) is 5.49. The van der Waals surface area contributed by atoms with Crippen molar-refractivity contribution in [1.29, 1.82) is 0 Å². The largest absolute Gasteiger partial charge is 0.392 e. The topological polar surface area (TPSA) is 20.2 Å². The van der Waals surface area contributed by atoms with E-state index in [2.05, 4.69) is 97.1 Å². The molecule has 0 saturated carbocycles. The summed E-state index contributed by atoms with van der Waals surface area (Å²) in [5.74, 6) is 0. The van der Waals surface area contributed by atoms with Crippen LogP contribution in [-0.4, -0.2) is 17.9 Å². The van der Waals surface area contributed by atoms with Crippen molar-refractivity contribution >= 4 is 13.2 Å². The number of benzene rings is 3. The second-order valence-electron chi connectivity index (χ2n) is 6.95. The molecule has 1 fully saturated rings. The molecule has 0 amide bonds. The second-order valence-corrected chi connectivity index (χ2v) is 9.44. The highest BCUT2D eigenvalue weighted by molar-refractivity contribution is 7.67. The maximum atomic E-state index is 9.83. The van der Waals surface area contributed by atoms with Crippen LogP contribution >= 0.6 is 7.92 Å². The summed E-state index contributed by atoms with van der Waals surface area (Å²) in [6.07, 6.45) is 5.48. The smallest absolute Gasteiger partial charge is 0.0651 e. The zero-order valence-corrected chi connectivity index (χ0v) is 16.4. The Balaban J connectivity index is 2.04. The van der Waals surface area contributed by atoms with Crippen LogP contribution in [0.5, 0.6) is 0 Å². The quantitative estimate of drug-likeness (QED) is 0.477. The molecule has 1 saturated heterocycles. The van der Waals surface area contributed by atoms with Crippen LogP contribution in [0.4, 0.5) is 0 Å². The van der Waals surface area contributed by atoms with Crippen LogP contribution in [0.1, 0.15) is 24.0 Å². The Hall–Kier alpha value is -2.21. The lowest BCUT2D eigenvalue weighted by Crippen LogP contribution is -2.36. The fraction of sp³-hybridized carbons (Fsp3) is 0.200. The van der Waals surface area contributed by atoms with E-state index in [1.807, 2.05) is 0 Å². The Labute approximate surface area is 163 Å². The van der Waals surface area contributed by atoms with Crippen LogP contribution < -0.4 is 5.30 Å². The van der Waals surface area contributed by atoms with Crippen LogP contribution in [0.2, 0.25) is 0 Å². The SMILES string of the molecule is OCC=C1CCCP(c2ccccc2)C1(c1ccccc1)c1ccccc1. The molecule has 3 aromatic carbocycles. The van der Waals surface area contributed by atoms with Gasteiger partial charge in [0.1, 0.15) is 0 Å². The standard InChI is InChI=1S/C25H25OP/c26-19-18-23-15-10-20-27(24-16-8-3-9-17-24)25(23,21-11-4-1-5-12-21)22-13-6-2-7-14-22/h1-9,11-14,16-18,26H,10,15,19-20H2. The van der Waals surface area contributed by atoms with Crippen LogP contribution in [0.3, 0.4) is 0 Å². The van der Waals surface area contributed by atoms with Gasteiger partial charge in [0.05, 0.1) is 11.8 Å². The molecule has 1 unspecified atom stereocenters. The van der Waals surface area contributed by atoms with Gasteiger partial charge in [-0.2, -0.15) is 0 Å². The average molecular weight is 372 g/mol. The Bertz CT molecular complexity index is 848. The van der Waals surface area contributed by atoms with Gasteiger partial charge in [0.2, 0.25) is 0 Å². The van der Waals surface area contributed by atoms with Gasteiger partial charge in [0, 0.05) is 0 Å². The minimum absolute atomic E-state index is 0.0920. The molecule has 136 valence electrons. The van der Waals surface area contributed by atoms with Gasteiger partial charge >= 0.3 is 0 Å².